The lowest BCUT2D eigenvalue weighted by atomic mass is 9.71. The largest absolute Gasteiger partial charge is 0.446 e. The van der Waals surface area contributed by atoms with Gasteiger partial charge in [0.05, 0.1) is 0 Å². The molecule has 0 spiro atoms. The van der Waals surface area contributed by atoms with E-state index in [1.165, 1.54) is 4.90 Å². The van der Waals surface area contributed by atoms with E-state index in [4.69, 9.17) is 21.1 Å². The summed E-state index contributed by atoms with van der Waals surface area (Å²) in [6, 6.07) is 16.8. The van der Waals surface area contributed by atoms with Gasteiger partial charge in [-0.2, -0.15) is 0 Å². The minimum Gasteiger partial charge on any atom is -0.446 e. The first kappa shape index (κ1) is 19.0. The number of hydrogen-bond acceptors (Lipinski definition) is 4. The Balaban J connectivity index is 1.62. The van der Waals surface area contributed by atoms with Crippen LogP contribution in [0.15, 0.2) is 54.6 Å². The SMILES string of the molecule is O=C(CC1(c2ccc(Cl)cc2)CCOCC1)N1C(=O)OCC1c1ccccc1. The van der Waals surface area contributed by atoms with Crippen LogP contribution in [0.5, 0.6) is 0 Å². The Hall–Kier alpha value is -2.37. The monoisotopic (exact) mass is 399 g/mol. The molecule has 2 aromatic carbocycles. The zero-order chi connectivity index (χ0) is 19.6. The lowest BCUT2D eigenvalue weighted by Crippen LogP contribution is -2.42. The second-order valence-electron chi connectivity index (χ2n) is 7.34. The summed E-state index contributed by atoms with van der Waals surface area (Å²) in [4.78, 5) is 27.0. The number of halogens is 1. The van der Waals surface area contributed by atoms with Crippen LogP contribution >= 0.6 is 11.6 Å². The number of rotatable bonds is 4. The molecular formula is C22H22ClNO4. The molecule has 0 aliphatic carbocycles. The maximum absolute atomic E-state index is 13.3. The van der Waals surface area contributed by atoms with Gasteiger partial charge in [-0.05, 0) is 36.1 Å². The maximum atomic E-state index is 13.3. The van der Waals surface area contributed by atoms with Crippen molar-refractivity contribution in [2.45, 2.75) is 30.7 Å². The van der Waals surface area contributed by atoms with Crippen LogP contribution in [0.3, 0.4) is 0 Å². The minimum atomic E-state index is -0.572. The van der Waals surface area contributed by atoms with Gasteiger partial charge in [-0.1, -0.05) is 54.1 Å². The number of cyclic esters (lactones) is 1. The van der Waals surface area contributed by atoms with Crippen molar-refractivity contribution in [3.05, 3.63) is 70.7 Å². The van der Waals surface area contributed by atoms with Gasteiger partial charge in [0.25, 0.3) is 0 Å². The van der Waals surface area contributed by atoms with Crippen LogP contribution in [0.1, 0.15) is 36.4 Å². The fraction of sp³-hybridized carbons (Fsp3) is 0.364. The van der Waals surface area contributed by atoms with Crippen LogP contribution < -0.4 is 0 Å². The average Bonchev–Trinajstić information content (AvgIpc) is 3.11. The molecule has 2 saturated heterocycles. The second-order valence-corrected chi connectivity index (χ2v) is 7.78. The molecule has 0 radical (unpaired) electrons. The van der Waals surface area contributed by atoms with Crippen molar-refractivity contribution >= 4 is 23.6 Å². The predicted molar refractivity (Wildman–Crippen MR) is 105 cm³/mol. The first-order chi connectivity index (χ1) is 13.6. The van der Waals surface area contributed by atoms with Gasteiger partial charge in [0.2, 0.25) is 5.91 Å². The molecule has 6 heteroatoms. The summed E-state index contributed by atoms with van der Waals surface area (Å²) in [7, 11) is 0. The summed E-state index contributed by atoms with van der Waals surface area (Å²) >= 11 is 6.05. The van der Waals surface area contributed by atoms with E-state index in [0.29, 0.717) is 18.2 Å². The van der Waals surface area contributed by atoms with Crippen molar-refractivity contribution in [2.75, 3.05) is 19.8 Å². The number of carbonyl (C=O) groups is 2. The lowest BCUT2D eigenvalue weighted by Gasteiger charge is -2.38. The summed E-state index contributed by atoms with van der Waals surface area (Å²) in [5.41, 5.74) is 1.58. The van der Waals surface area contributed by atoms with Gasteiger partial charge >= 0.3 is 6.09 Å². The smallest absolute Gasteiger partial charge is 0.417 e. The highest BCUT2D eigenvalue weighted by atomic mass is 35.5. The van der Waals surface area contributed by atoms with Gasteiger partial charge in [-0.3, -0.25) is 4.79 Å². The van der Waals surface area contributed by atoms with E-state index in [-0.39, 0.29) is 30.4 Å². The number of ether oxygens (including phenoxy) is 2. The zero-order valence-corrected chi connectivity index (χ0v) is 16.2. The quantitative estimate of drug-likeness (QED) is 0.759. The third kappa shape index (κ3) is 3.64. The van der Waals surface area contributed by atoms with E-state index < -0.39 is 6.09 Å². The maximum Gasteiger partial charge on any atom is 0.417 e. The molecule has 0 aromatic heterocycles. The predicted octanol–water partition coefficient (Wildman–Crippen LogP) is 4.50. The van der Waals surface area contributed by atoms with Crippen LogP contribution in [0.25, 0.3) is 0 Å². The molecule has 0 saturated carbocycles. The molecule has 0 bridgehead atoms. The highest BCUT2D eigenvalue weighted by molar-refractivity contribution is 6.30. The molecular weight excluding hydrogens is 378 g/mol. The molecule has 146 valence electrons. The fourth-order valence-electron chi connectivity index (χ4n) is 4.13. The molecule has 2 aliphatic heterocycles. The number of imide groups is 1. The van der Waals surface area contributed by atoms with Gasteiger partial charge in [-0.15, -0.1) is 0 Å². The Morgan fingerprint density at radius 3 is 2.43 bits per heavy atom. The van der Waals surface area contributed by atoms with Crippen LogP contribution in [-0.4, -0.2) is 36.7 Å². The van der Waals surface area contributed by atoms with Crippen molar-refractivity contribution in [1.29, 1.82) is 0 Å². The molecule has 28 heavy (non-hydrogen) atoms. The van der Waals surface area contributed by atoms with Gasteiger partial charge in [0.15, 0.2) is 0 Å². The molecule has 1 atom stereocenters. The highest BCUT2D eigenvalue weighted by Crippen LogP contribution is 2.40. The molecule has 4 rings (SSSR count). The average molecular weight is 400 g/mol. The zero-order valence-electron chi connectivity index (χ0n) is 15.5. The molecule has 2 amide bonds. The fourth-order valence-corrected chi connectivity index (χ4v) is 4.25. The first-order valence-corrected chi connectivity index (χ1v) is 9.84. The van der Waals surface area contributed by atoms with E-state index in [0.717, 1.165) is 24.0 Å². The Morgan fingerprint density at radius 2 is 1.75 bits per heavy atom. The molecule has 5 nitrogen and oxygen atoms in total. The summed E-state index contributed by atoms with van der Waals surface area (Å²) in [5.74, 6) is -0.215. The van der Waals surface area contributed by atoms with Gasteiger partial charge in [0.1, 0.15) is 12.6 Å². The van der Waals surface area contributed by atoms with Gasteiger partial charge in [0, 0.05) is 30.1 Å². The van der Waals surface area contributed by atoms with Crippen molar-refractivity contribution in [3.8, 4) is 0 Å². The Morgan fingerprint density at radius 1 is 1.07 bits per heavy atom. The Kier molecular flexibility index (Phi) is 5.38. The van der Waals surface area contributed by atoms with Gasteiger partial charge in [-0.25, -0.2) is 9.69 Å². The molecule has 2 aromatic rings. The van der Waals surface area contributed by atoms with E-state index >= 15 is 0 Å². The van der Waals surface area contributed by atoms with Crippen molar-refractivity contribution in [2.24, 2.45) is 0 Å². The number of benzene rings is 2. The molecule has 2 fully saturated rings. The summed E-state index contributed by atoms with van der Waals surface area (Å²) in [5, 5.41) is 0.657. The van der Waals surface area contributed by atoms with E-state index in [1.807, 2.05) is 54.6 Å². The summed E-state index contributed by atoms with van der Waals surface area (Å²) in [6.07, 6.45) is 1.10. The Bertz CT molecular complexity index is 847. The van der Waals surface area contributed by atoms with Gasteiger partial charge < -0.3 is 9.47 Å². The third-order valence-corrected chi connectivity index (χ3v) is 5.97. The summed E-state index contributed by atoms with van der Waals surface area (Å²) in [6.45, 7) is 1.36. The number of hydrogen-bond donors (Lipinski definition) is 0. The summed E-state index contributed by atoms with van der Waals surface area (Å²) < 4.78 is 10.8. The van der Waals surface area contributed by atoms with Crippen LogP contribution in [-0.2, 0) is 19.7 Å². The van der Waals surface area contributed by atoms with Crippen LogP contribution in [0, 0.1) is 0 Å². The first-order valence-electron chi connectivity index (χ1n) is 9.47. The normalized spacial score (nSPS) is 21.4. The van der Waals surface area contributed by atoms with Crippen molar-refractivity contribution in [1.82, 2.24) is 4.90 Å². The molecule has 0 N–H and O–H groups in total. The van der Waals surface area contributed by atoms with Crippen molar-refractivity contribution in [3.63, 3.8) is 0 Å². The molecule has 1 unspecified atom stereocenters. The number of amides is 2. The van der Waals surface area contributed by atoms with E-state index in [2.05, 4.69) is 0 Å². The van der Waals surface area contributed by atoms with E-state index in [1.54, 1.807) is 0 Å². The minimum absolute atomic E-state index is 0.186. The van der Waals surface area contributed by atoms with Crippen molar-refractivity contribution < 1.29 is 19.1 Å². The molecule has 2 heterocycles. The topological polar surface area (TPSA) is 55.8 Å². The number of carbonyl (C=O) groups excluding carboxylic acids is 2. The molecule has 2 aliphatic rings. The highest BCUT2D eigenvalue weighted by Gasteiger charge is 2.44. The third-order valence-electron chi connectivity index (χ3n) is 5.72. The number of nitrogens with zero attached hydrogens (tertiary/aromatic N) is 1. The van der Waals surface area contributed by atoms with E-state index in [9.17, 15) is 9.59 Å². The Labute approximate surface area is 169 Å². The standard InChI is InChI=1S/C22H22ClNO4/c23-18-8-6-17(7-9-18)22(10-12-27-13-11-22)14-20(25)24-19(15-28-21(24)26)16-4-2-1-3-5-16/h1-9,19H,10-15H2. The van der Waals surface area contributed by atoms with Crippen LogP contribution in [0.2, 0.25) is 5.02 Å². The second kappa shape index (κ2) is 7.94. The lowest BCUT2D eigenvalue weighted by molar-refractivity contribution is -0.131. The van der Waals surface area contributed by atoms with Crippen LogP contribution in [0.4, 0.5) is 4.79 Å².